The number of benzene rings is 1. The molecule has 3 nitrogen and oxygen atoms in total. The number of rotatable bonds is 5. The van der Waals surface area contributed by atoms with Gasteiger partial charge in [-0.2, -0.15) is 0 Å². The van der Waals surface area contributed by atoms with Crippen LogP contribution in [0.3, 0.4) is 0 Å². The highest BCUT2D eigenvalue weighted by molar-refractivity contribution is 5.78. The quantitative estimate of drug-likeness (QED) is 0.829. The van der Waals surface area contributed by atoms with Gasteiger partial charge in [0, 0.05) is 6.04 Å². The molecule has 1 aromatic rings. The highest BCUT2D eigenvalue weighted by atomic mass is 16.5. The van der Waals surface area contributed by atoms with Crippen LogP contribution in [0.2, 0.25) is 0 Å². The second-order valence-corrected chi connectivity index (χ2v) is 5.30. The Balaban J connectivity index is 3.16. The van der Waals surface area contributed by atoms with E-state index in [-0.39, 0.29) is 18.1 Å². The fourth-order valence-electron chi connectivity index (χ4n) is 2.14. The maximum Gasteiger partial charge on any atom is 0.327 e. The Bertz CT molecular complexity index is 452. The van der Waals surface area contributed by atoms with E-state index in [4.69, 9.17) is 4.74 Å². The van der Waals surface area contributed by atoms with E-state index in [9.17, 15) is 4.79 Å². The lowest BCUT2D eigenvalue weighted by Gasteiger charge is -2.22. The summed E-state index contributed by atoms with van der Waals surface area (Å²) in [5, 5.41) is 3.29. The molecular weight excluding hydrogens is 238 g/mol. The molecule has 0 radical (unpaired) electrons. The van der Waals surface area contributed by atoms with Gasteiger partial charge in [0.05, 0.1) is 6.61 Å². The van der Waals surface area contributed by atoms with Gasteiger partial charge in [0.1, 0.15) is 6.04 Å². The number of carbonyl (C=O) groups excluding carboxylic acids is 1. The molecule has 1 aromatic carbocycles. The molecule has 1 atom stereocenters. The summed E-state index contributed by atoms with van der Waals surface area (Å²) in [7, 11) is 0. The Hall–Kier alpha value is -1.35. The van der Waals surface area contributed by atoms with Crippen LogP contribution in [0.15, 0.2) is 12.1 Å². The maximum atomic E-state index is 12.1. The van der Waals surface area contributed by atoms with Crippen molar-refractivity contribution in [2.24, 2.45) is 0 Å². The van der Waals surface area contributed by atoms with Crippen molar-refractivity contribution in [1.82, 2.24) is 5.32 Å². The molecule has 0 spiro atoms. The molecule has 0 aliphatic heterocycles. The molecule has 0 saturated carbocycles. The average molecular weight is 263 g/mol. The fraction of sp³-hybridized carbons (Fsp3) is 0.562. The minimum absolute atomic E-state index is 0.206. The Morgan fingerprint density at radius 1 is 1.16 bits per heavy atom. The average Bonchev–Trinajstić information content (AvgIpc) is 2.31. The van der Waals surface area contributed by atoms with Crippen molar-refractivity contribution in [3.8, 4) is 0 Å². The van der Waals surface area contributed by atoms with Gasteiger partial charge >= 0.3 is 5.97 Å². The van der Waals surface area contributed by atoms with E-state index in [0.29, 0.717) is 6.61 Å². The van der Waals surface area contributed by atoms with Crippen molar-refractivity contribution in [2.45, 2.75) is 53.6 Å². The number of esters is 1. The summed E-state index contributed by atoms with van der Waals surface area (Å²) in [5.41, 5.74) is 4.57. The van der Waals surface area contributed by atoms with Gasteiger partial charge in [0.25, 0.3) is 0 Å². The summed E-state index contributed by atoms with van der Waals surface area (Å²) in [6.45, 7) is 12.5. The zero-order valence-corrected chi connectivity index (χ0v) is 12.8. The van der Waals surface area contributed by atoms with E-state index in [2.05, 4.69) is 31.3 Å². The maximum absolute atomic E-state index is 12.1. The zero-order valence-electron chi connectivity index (χ0n) is 12.8. The molecule has 1 N–H and O–H groups in total. The Morgan fingerprint density at radius 2 is 1.74 bits per heavy atom. The number of ether oxygens (including phenoxy) is 1. The zero-order chi connectivity index (χ0) is 14.6. The van der Waals surface area contributed by atoms with Gasteiger partial charge in [-0.1, -0.05) is 12.1 Å². The molecule has 0 fully saturated rings. The van der Waals surface area contributed by atoms with Gasteiger partial charge in [-0.15, -0.1) is 0 Å². The van der Waals surface area contributed by atoms with E-state index < -0.39 is 0 Å². The standard InChI is InChI=1S/C16H25NO2/c1-7-19-16(18)15(17-10(2)3)14-9-12(5)11(4)8-13(14)6/h8-10,15,17H,7H2,1-6H3. The first-order valence-electron chi connectivity index (χ1n) is 6.87. The Labute approximate surface area is 116 Å². The van der Waals surface area contributed by atoms with Crippen LogP contribution in [-0.4, -0.2) is 18.6 Å². The van der Waals surface area contributed by atoms with Gasteiger partial charge in [-0.05, 0) is 63.8 Å². The summed E-state index contributed by atoms with van der Waals surface area (Å²) in [6.07, 6.45) is 0. The van der Waals surface area contributed by atoms with E-state index in [0.717, 1.165) is 11.1 Å². The van der Waals surface area contributed by atoms with Crippen molar-refractivity contribution < 1.29 is 9.53 Å². The fourth-order valence-corrected chi connectivity index (χ4v) is 2.14. The van der Waals surface area contributed by atoms with Gasteiger partial charge in [-0.3, -0.25) is 5.32 Å². The minimum Gasteiger partial charge on any atom is -0.465 e. The van der Waals surface area contributed by atoms with Gasteiger partial charge in [-0.25, -0.2) is 4.79 Å². The molecule has 19 heavy (non-hydrogen) atoms. The molecule has 3 heteroatoms. The van der Waals surface area contributed by atoms with Crippen molar-refractivity contribution in [2.75, 3.05) is 6.61 Å². The van der Waals surface area contributed by atoms with Crippen LogP contribution in [0, 0.1) is 20.8 Å². The summed E-state index contributed by atoms with van der Waals surface area (Å²) in [4.78, 5) is 12.1. The summed E-state index contributed by atoms with van der Waals surface area (Å²) >= 11 is 0. The Morgan fingerprint density at radius 3 is 2.26 bits per heavy atom. The molecular formula is C16H25NO2. The molecule has 1 rings (SSSR count). The number of hydrogen-bond acceptors (Lipinski definition) is 3. The first kappa shape index (κ1) is 15.7. The summed E-state index contributed by atoms with van der Waals surface area (Å²) < 4.78 is 5.18. The molecule has 0 amide bonds. The van der Waals surface area contributed by atoms with Crippen LogP contribution in [0.25, 0.3) is 0 Å². The smallest absolute Gasteiger partial charge is 0.327 e. The number of carbonyl (C=O) groups is 1. The normalized spacial score (nSPS) is 12.6. The van der Waals surface area contributed by atoms with E-state index in [1.807, 2.05) is 27.7 Å². The second-order valence-electron chi connectivity index (χ2n) is 5.30. The molecule has 0 aliphatic rings. The highest BCUT2D eigenvalue weighted by Gasteiger charge is 2.24. The largest absolute Gasteiger partial charge is 0.465 e. The van der Waals surface area contributed by atoms with Crippen LogP contribution >= 0.6 is 0 Å². The Kier molecular flexibility index (Phi) is 5.55. The van der Waals surface area contributed by atoms with E-state index >= 15 is 0 Å². The predicted molar refractivity (Wildman–Crippen MR) is 78.3 cm³/mol. The molecule has 106 valence electrons. The monoisotopic (exact) mass is 263 g/mol. The molecule has 0 aromatic heterocycles. The van der Waals surface area contributed by atoms with Gasteiger partial charge < -0.3 is 4.74 Å². The lowest BCUT2D eigenvalue weighted by molar-refractivity contribution is -0.146. The summed E-state index contributed by atoms with van der Waals surface area (Å²) in [6, 6.07) is 4.04. The van der Waals surface area contributed by atoms with Crippen molar-refractivity contribution in [3.63, 3.8) is 0 Å². The predicted octanol–water partition coefficient (Wildman–Crippen LogP) is 3.21. The lowest BCUT2D eigenvalue weighted by atomic mass is 9.95. The number of hydrogen-bond donors (Lipinski definition) is 1. The van der Waals surface area contributed by atoms with Crippen molar-refractivity contribution in [3.05, 3.63) is 34.4 Å². The molecule has 0 bridgehead atoms. The minimum atomic E-state index is -0.390. The van der Waals surface area contributed by atoms with Crippen molar-refractivity contribution >= 4 is 5.97 Å². The van der Waals surface area contributed by atoms with E-state index in [1.54, 1.807) is 0 Å². The first-order valence-corrected chi connectivity index (χ1v) is 6.87. The SMILES string of the molecule is CCOC(=O)C(NC(C)C)c1cc(C)c(C)cc1C. The third-order valence-corrected chi connectivity index (χ3v) is 3.22. The molecule has 1 unspecified atom stereocenters. The van der Waals surface area contributed by atoms with E-state index in [1.165, 1.54) is 11.1 Å². The van der Waals surface area contributed by atoms with Crippen LogP contribution < -0.4 is 5.32 Å². The van der Waals surface area contributed by atoms with Crippen LogP contribution in [0.4, 0.5) is 0 Å². The highest BCUT2D eigenvalue weighted by Crippen LogP contribution is 2.23. The first-order chi connectivity index (χ1) is 8.86. The topological polar surface area (TPSA) is 38.3 Å². The van der Waals surface area contributed by atoms with Crippen LogP contribution in [0.5, 0.6) is 0 Å². The van der Waals surface area contributed by atoms with Crippen LogP contribution in [0.1, 0.15) is 49.1 Å². The second kappa shape index (κ2) is 6.71. The number of nitrogens with one attached hydrogen (secondary N) is 1. The third kappa shape index (κ3) is 4.06. The summed E-state index contributed by atoms with van der Waals surface area (Å²) in [5.74, 6) is -0.206. The number of aryl methyl sites for hydroxylation is 3. The van der Waals surface area contributed by atoms with Gasteiger partial charge in [0.2, 0.25) is 0 Å². The molecule has 0 saturated heterocycles. The molecule has 0 heterocycles. The van der Waals surface area contributed by atoms with Crippen LogP contribution in [-0.2, 0) is 9.53 Å². The lowest BCUT2D eigenvalue weighted by Crippen LogP contribution is -2.35. The van der Waals surface area contributed by atoms with Crippen molar-refractivity contribution in [1.29, 1.82) is 0 Å². The third-order valence-electron chi connectivity index (χ3n) is 3.22. The van der Waals surface area contributed by atoms with Gasteiger partial charge in [0.15, 0.2) is 0 Å². The molecule has 0 aliphatic carbocycles.